The molecule has 0 aromatic heterocycles. The van der Waals surface area contributed by atoms with Gasteiger partial charge in [0.05, 0.1) is 0 Å². The molecule has 0 aliphatic heterocycles. The third kappa shape index (κ3) is 6.46. The molecule has 158 valence electrons. The van der Waals surface area contributed by atoms with Gasteiger partial charge in [-0.05, 0) is 78.5 Å². The van der Waals surface area contributed by atoms with Gasteiger partial charge in [0.1, 0.15) is 0 Å². The summed E-state index contributed by atoms with van der Waals surface area (Å²) in [7, 11) is 0. The van der Waals surface area contributed by atoms with E-state index >= 15 is 0 Å². The molecular weight excluding hydrogens is 348 g/mol. The van der Waals surface area contributed by atoms with Crippen LogP contribution in [0, 0.1) is 17.8 Å². The van der Waals surface area contributed by atoms with Crippen molar-refractivity contribution in [3.8, 4) is 11.1 Å². The number of aryl methyl sites for hydroxylation is 2. The van der Waals surface area contributed by atoms with Crippen LogP contribution in [-0.4, -0.2) is 0 Å². The van der Waals surface area contributed by atoms with Crippen molar-refractivity contribution in [1.82, 2.24) is 0 Å². The van der Waals surface area contributed by atoms with Gasteiger partial charge in [0.15, 0.2) is 0 Å². The molecule has 3 atom stereocenters. The molecule has 0 nitrogen and oxygen atoms in total. The third-order valence-corrected chi connectivity index (χ3v) is 7.26. The van der Waals surface area contributed by atoms with Crippen LogP contribution in [0.1, 0.15) is 89.7 Å². The van der Waals surface area contributed by atoms with Gasteiger partial charge in [-0.15, -0.1) is 0 Å². The van der Waals surface area contributed by atoms with Crippen LogP contribution in [0.15, 0.2) is 48.5 Å². The van der Waals surface area contributed by atoms with Crippen LogP contribution in [0.4, 0.5) is 0 Å². The van der Waals surface area contributed by atoms with Crippen molar-refractivity contribution < 1.29 is 0 Å². The number of benzene rings is 2. The molecule has 2 aromatic carbocycles. The van der Waals surface area contributed by atoms with Crippen LogP contribution >= 0.6 is 0 Å². The quantitative estimate of drug-likeness (QED) is 0.355. The monoisotopic (exact) mass is 390 g/mol. The van der Waals surface area contributed by atoms with Crippen LogP contribution in [0.2, 0.25) is 0 Å². The molecule has 3 rings (SSSR count). The second kappa shape index (κ2) is 11.6. The highest BCUT2D eigenvalue weighted by Gasteiger charge is 2.26. The fourth-order valence-corrected chi connectivity index (χ4v) is 5.50. The SMILES string of the molecule is CCCCCc1cc(CCC2CCC(CCC)CC2C)ccc1-c1ccccc1. The third-order valence-electron chi connectivity index (χ3n) is 7.26. The molecule has 1 saturated carbocycles. The van der Waals surface area contributed by atoms with E-state index in [1.807, 2.05) is 0 Å². The summed E-state index contributed by atoms with van der Waals surface area (Å²) in [5.41, 5.74) is 5.92. The van der Waals surface area contributed by atoms with Gasteiger partial charge >= 0.3 is 0 Å². The summed E-state index contributed by atoms with van der Waals surface area (Å²) in [4.78, 5) is 0. The first-order valence-corrected chi connectivity index (χ1v) is 12.4. The van der Waals surface area contributed by atoms with E-state index in [0.717, 1.165) is 17.8 Å². The van der Waals surface area contributed by atoms with Crippen molar-refractivity contribution in [2.45, 2.75) is 91.4 Å². The molecular formula is C29H42. The van der Waals surface area contributed by atoms with E-state index in [9.17, 15) is 0 Å². The van der Waals surface area contributed by atoms with E-state index in [0.29, 0.717) is 0 Å². The summed E-state index contributed by atoms with van der Waals surface area (Å²) in [6, 6.07) is 18.3. The van der Waals surface area contributed by atoms with Crippen molar-refractivity contribution in [2.24, 2.45) is 17.8 Å². The average molecular weight is 391 g/mol. The number of hydrogen-bond donors (Lipinski definition) is 0. The lowest BCUT2D eigenvalue weighted by molar-refractivity contribution is 0.177. The van der Waals surface area contributed by atoms with Crippen LogP contribution in [0.3, 0.4) is 0 Å². The highest BCUT2D eigenvalue weighted by Crippen LogP contribution is 2.38. The Kier molecular flexibility index (Phi) is 8.84. The van der Waals surface area contributed by atoms with Crippen molar-refractivity contribution in [3.63, 3.8) is 0 Å². The van der Waals surface area contributed by atoms with Crippen LogP contribution in [-0.2, 0) is 12.8 Å². The fraction of sp³-hybridized carbons (Fsp3) is 0.586. The molecule has 1 aliphatic rings. The van der Waals surface area contributed by atoms with E-state index in [4.69, 9.17) is 0 Å². The lowest BCUT2D eigenvalue weighted by Crippen LogP contribution is -2.23. The maximum atomic E-state index is 2.53. The molecule has 0 radical (unpaired) electrons. The molecule has 1 aliphatic carbocycles. The van der Waals surface area contributed by atoms with Gasteiger partial charge in [0.2, 0.25) is 0 Å². The second-order valence-corrected chi connectivity index (χ2v) is 9.56. The Hall–Kier alpha value is -1.56. The predicted molar refractivity (Wildman–Crippen MR) is 128 cm³/mol. The molecule has 1 fully saturated rings. The highest BCUT2D eigenvalue weighted by atomic mass is 14.3. The smallest absolute Gasteiger partial charge is 0.0152 e. The summed E-state index contributed by atoms with van der Waals surface area (Å²) < 4.78 is 0. The first-order valence-electron chi connectivity index (χ1n) is 12.4. The van der Waals surface area contributed by atoms with E-state index < -0.39 is 0 Å². The Labute approximate surface area is 180 Å². The molecule has 0 heteroatoms. The summed E-state index contributed by atoms with van der Waals surface area (Å²) in [6.07, 6.45) is 15.0. The van der Waals surface area contributed by atoms with E-state index in [-0.39, 0.29) is 0 Å². The van der Waals surface area contributed by atoms with Gasteiger partial charge in [-0.2, -0.15) is 0 Å². The van der Waals surface area contributed by atoms with Crippen molar-refractivity contribution in [1.29, 1.82) is 0 Å². The van der Waals surface area contributed by atoms with Crippen LogP contribution in [0.5, 0.6) is 0 Å². The standard InChI is InChI=1S/C29H42/c1-4-6-8-14-28-22-25(17-20-29(28)27-12-9-7-10-13-27)16-19-26-18-15-24(11-5-2)21-23(26)3/h7,9-10,12-13,17,20,22-24,26H,4-6,8,11,14-16,18-19,21H2,1-3H3. The van der Waals surface area contributed by atoms with Crippen LogP contribution in [0.25, 0.3) is 11.1 Å². The van der Waals surface area contributed by atoms with E-state index in [2.05, 4.69) is 69.3 Å². The van der Waals surface area contributed by atoms with E-state index in [1.165, 1.54) is 81.8 Å². The summed E-state index contributed by atoms with van der Waals surface area (Å²) >= 11 is 0. The Bertz CT molecular complexity index is 714. The lowest BCUT2D eigenvalue weighted by atomic mass is 9.72. The van der Waals surface area contributed by atoms with Gasteiger partial charge in [0.25, 0.3) is 0 Å². The maximum absolute atomic E-state index is 2.53. The minimum Gasteiger partial charge on any atom is -0.0654 e. The zero-order chi connectivity index (χ0) is 20.5. The fourth-order valence-electron chi connectivity index (χ4n) is 5.50. The summed E-state index contributed by atoms with van der Waals surface area (Å²) in [5, 5.41) is 0. The average Bonchev–Trinajstić information content (AvgIpc) is 2.74. The minimum atomic E-state index is 0.910. The Balaban J connectivity index is 1.66. The predicted octanol–water partition coefficient (Wildman–Crippen LogP) is 8.87. The maximum Gasteiger partial charge on any atom is -0.0152 e. The Morgan fingerprint density at radius 1 is 0.828 bits per heavy atom. The second-order valence-electron chi connectivity index (χ2n) is 9.56. The van der Waals surface area contributed by atoms with Gasteiger partial charge in [-0.25, -0.2) is 0 Å². The molecule has 0 N–H and O–H groups in total. The van der Waals surface area contributed by atoms with E-state index in [1.54, 1.807) is 11.1 Å². The molecule has 0 saturated heterocycles. The molecule has 0 amide bonds. The summed E-state index contributed by atoms with van der Waals surface area (Å²) in [5.74, 6) is 2.84. The van der Waals surface area contributed by atoms with Gasteiger partial charge in [-0.3, -0.25) is 0 Å². The minimum absolute atomic E-state index is 0.910. The van der Waals surface area contributed by atoms with Crippen molar-refractivity contribution >= 4 is 0 Å². The lowest BCUT2D eigenvalue weighted by Gasteiger charge is -2.34. The van der Waals surface area contributed by atoms with Gasteiger partial charge < -0.3 is 0 Å². The molecule has 0 heterocycles. The Morgan fingerprint density at radius 3 is 2.38 bits per heavy atom. The zero-order valence-electron chi connectivity index (χ0n) is 19.1. The topological polar surface area (TPSA) is 0 Å². The van der Waals surface area contributed by atoms with Gasteiger partial charge in [-0.1, -0.05) is 101 Å². The highest BCUT2D eigenvalue weighted by molar-refractivity contribution is 5.67. The number of unbranched alkanes of at least 4 members (excludes halogenated alkanes) is 2. The number of rotatable bonds is 10. The normalized spacial score (nSPS) is 22.0. The van der Waals surface area contributed by atoms with Crippen LogP contribution < -0.4 is 0 Å². The first-order chi connectivity index (χ1) is 14.2. The van der Waals surface area contributed by atoms with Crippen molar-refractivity contribution in [2.75, 3.05) is 0 Å². The largest absolute Gasteiger partial charge is 0.0654 e. The molecule has 2 aromatic rings. The number of hydrogen-bond acceptors (Lipinski definition) is 0. The molecule has 0 spiro atoms. The Morgan fingerprint density at radius 2 is 1.66 bits per heavy atom. The molecule has 29 heavy (non-hydrogen) atoms. The molecule has 3 unspecified atom stereocenters. The van der Waals surface area contributed by atoms with Crippen molar-refractivity contribution in [3.05, 3.63) is 59.7 Å². The van der Waals surface area contributed by atoms with Gasteiger partial charge in [0, 0.05) is 0 Å². The first kappa shape index (κ1) is 22.1. The zero-order valence-corrected chi connectivity index (χ0v) is 19.1. The summed E-state index contributed by atoms with van der Waals surface area (Å²) in [6.45, 7) is 7.15. The molecule has 0 bridgehead atoms.